The summed E-state index contributed by atoms with van der Waals surface area (Å²) in [5.74, 6) is 1.03. The first-order chi connectivity index (χ1) is 15.2. The number of ether oxygens (including phenoxy) is 3. The number of hydrazone groups is 1. The molecule has 2 aliphatic heterocycles. The summed E-state index contributed by atoms with van der Waals surface area (Å²) in [5.41, 5.74) is 3.00. The molecule has 2 aliphatic rings. The second kappa shape index (κ2) is 8.43. The van der Waals surface area contributed by atoms with Crippen LogP contribution in [0.5, 0.6) is 11.5 Å². The van der Waals surface area contributed by atoms with Crippen molar-refractivity contribution in [3.8, 4) is 11.5 Å². The van der Waals surface area contributed by atoms with Crippen LogP contribution < -0.4 is 9.47 Å². The molecule has 3 heterocycles. The van der Waals surface area contributed by atoms with Crippen LogP contribution in [0.1, 0.15) is 41.6 Å². The van der Waals surface area contributed by atoms with E-state index in [1.54, 1.807) is 18.3 Å². The van der Waals surface area contributed by atoms with E-state index in [9.17, 15) is 4.79 Å². The van der Waals surface area contributed by atoms with E-state index in [-0.39, 0.29) is 12.6 Å². The fourth-order valence-electron chi connectivity index (χ4n) is 3.99. The minimum atomic E-state index is -0.462. The Morgan fingerprint density at radius 2 is 1.94 bits per heavy atom. The normalized spacial score (nSPS) is 19.1. The zero-order valence-electron chi connectivity index (χ0n) is 17.1. The number of para-hydroxylation sites is 2. The van der Waals surface area contributed by atoms with Gasteiger partial charge in [-0.2, -0.15) is 5.10 Å². The number of hydrogen-bond donors (Lipinski definition) is 0. The average Bonchev–Trinajstić information content (AvgIpc) is 3.48. The van der Waals surface area contributed by atoms with Gasteiger partial charge in [0, 0.05) is 12.0 Å². The number of fused-ring (bicyclic) bond motifs is 3. The van der Waals surface area contributed by atoms with Gasteiger partial charge < -0.3 is 14.2 Å². The molecule has 0 radical (unpaired) electrons. The molecule has 1 aromatic heterocycles. The predicted molar refractivity (Wildman–Crippen MR) is 118 cm³/mol. The van der Waals surface area contributed by atoms with Gasteiger partial charge >= 0.3 is 5.97 Å². The van der Waals surface area contributed by atoms with E-state index < -0.39 is 12.2 Å². The molecule has 31 heavy (non-hydrogen) atoms. The van der Waals surface area contributed by atoms with Crippen LogP contribution >= 0.6 is 11.3 Å². The van der Waals surface area contributed by atoms with Crippen LogP contribution in [0.2, 0.25) is 0 Å². The molecule has 0 amide bonds. The molecular weight excluding hydrogens is 412 g/mol. The molecule has 3 aromatic rings. The second-order valence-corrected chi connectivity index (χ2v) is 8.21. The summed E-state index contributed by atoms with van der Waals surface area (Å²) in [6, 6.07) is 19.9. The lowest BCUT2D eigenvalue weighted by Crippen LogP contribution is -2.34. The number of benzene rings is 2. The van der Waals surface area contributed by atoms with Crippen LogP contribution in [0.15, 0.2) is 71.1 Å². The highest BCUT2D eigenvalue weighted by atomic mass is 32.1. The molecule has 0 spiro atoms. The van der Waals surface area contributed by atoms with Crippen LogP contribution in [0.25, 0.3) is 0 Å². The molecule has 0 N–H and O–H groups in total. The Bertz CT molecular complexity index is 1110. The van der Waals surface area contributed by atoms with Crippen molar-refractivity contribution in [1.29, 1.82) is 0 Å². The van der Waals surface area contributed by atoms with Gasteiger partial charge in [0.25, 0.3) is 0 Å². The van der Waals surface area contributed by atoms with Gasteiger partial charge in [-0.05, 0) is 36.6 Å². The zero-order chi connectivity index (χ0) is 21.2. The highest BCUT2D eigenvalue weighted by Crippen LogP contribution is 2.48. The number of carbonyl (C=O) groups excluding carboxylic acids is 1. The summed E-state index contributed by atoms with van der Waals surface area (Å²) in [6.07, 6.45) is 0.347. The van der Waals surface area contributed by atoms with Crippen molar-refractivity contribution >= 4 is 23.0 Å². The number of hydrogen-bond acceptors (Lipinski definition) is 7. The highest BCUT2D eigenvalue weighted by molar-refractivity contribution is 7.12. The van der Waals surface area contributed by atoms with Gasteiger partial charge in [0.15, 0.2) is 6.61 Å². The first-order valence-corrected chi connectivity index (χ1v) is 11.1. The molecule has 0 unspecified atom stereocenters. The summed E-state index contributed by atoms with van der Waals surface area (Å²) in [4.78, 5) is 13.0. The van der Waals surface area contributed by atoms with Gasteiger partial charge in [-0.15, -0.1) is 11.3 Å². The standard InChI is InChI=1S/C24H22N2O4S/c1-2-28-23(27)15-29-20-10-5-4-9-17(20)24-26-19(16-8-3-6-11-21(16)30-24)14-18(25-26)22-12-7-13-31-22/h3-13,19,24H,2,14-15H2,1H3/t19-,24+/m1/s1. The highest BCUT2D eigenvalue weighted by Gasteiger charge is 2.42. The third-order valence-corrected chi connectivity index (χ3v) is 6.26. The van der Waals surface area contributed by atoms with Crippen molar-refractivity contribution in [3.63, 3.8) is 0 Å². The third kappa shape index (κ3) is 3.77. The lowest BCUT2D eigenvalue weighted by molar-refractivity contribution is -0.145. The molecule has 7 heteroatoms. The van der Waals surface area contributed by atoms with Gasteiger partial charge in [-0.25, -0.2) is 9.80 Å². The Kier molecular flexibility index (Phi) is 5.34. The number of carbonyl (C=O) groups is 1. The fraction of sp³-hybridized carbons (Fsp3) is 0.250. The fourth-order valence-corrected chi connectivity index (χ4v) is 4.71. The van der Waals surface area contributed by atoms with E-state index >= 15 is 0 Å². The van der Waals surface area contributed by atoms with E-state index in [0.29, 0.717) is 12.4 Å². The molecule has 6 nitrogen and oxygen atoms in total. The summed E-state index contributed by atoms with van der Waals surface area (Å²) in [6.45, 7) is 1.94. The number of thiophene rings is 1. The Hall–Kier alpha value is -3.32. The van der Waals surface area contributed by atoms with Crippen LogP contribution in [0.4, 0.5) is 0 Å². The molecule has 0 fully saturated rings. The van der Waals surface area contributed by atoms with Gasteiger partial charge in [0.1, 0.15) is 11.5 Å². The Morgan fingerprint density at radius 1 is 1.13 bits per heavy atom. The summed E-state index contributed by atoms with van der Waals surface area (Å²) in [5, 5.41) is 9.05. The summed E-state index contributed by atoms with van der Waals surface area (Å²) < 4.78 is 17.2. The summed E-state index contributed by atoms with van der Waals surface area (Å²) in [7, 11) is 0. The summed E-state index contributed by atoms with van der Waals surface area (Å²) >= 11 is 1.69. The maximum atomic E-state index is 11.8. The van der Waals surface area contributed by atoms with E-state index in [4.69, 9.17) is 19.3 Å². The molecule has 0 aliphatic carbocycles. The van der Waals surface area contributed by atoms with Gasteiger partial charge in [0.05, 0.1) is 28.8 Å². The molecule has 0 saturated carbocycles. The maximum Gasteiger partial charge on any atom is 0.344 e. The first-order valence-electron chi connectivity index (χ1n) is 10.3. The largest absolute Gasteiger partial charge is 0.481 e. The van der Waals surface area contributed by atoms with Gasteiger partial charge in [-0.1, -0.05) is 36.4 Å². The van der Waals surface area contributed by atoms with Gasteiger partial charge in [-0.3, -0.25) is 0 Å². The number of rotatable bonds is 6. The van der Waals surface area contributed by atoms with Crippen molar-refractivity contribution in [1.82, 2.24) is 5.01 Å². The lowest BCUT2D eigenvalue weighted by atomic mass is 9.97. The third-order valence-electron chi connectivity index (χ3n) is 5.34. The smallest absolute Gasteiger partial charge is 0.344 e. The van der Waals surface area contributed by atoms with E-state index in [1.165, 1.54) is 0 Å². The van der Waals surface area contributed by atoms with Crippen LogP contribution in [0, 0.1) is 0 Å². The molecule has 5 rings (SSSR count). The predicted octanol–water partition coefficient (Wildman–Crippen LogP) is 4.93. The number of nitrogens with zero attached hydrogens (tertiary/aromatic N) is 2. The van der Waals surface area contributed by atoms with E-state index in [0.717, 1.165) is 33.9 Å². The quantitative estimate of drug-likeness (QED) is 0.515. The van der Waals surface area contributed by atoms with E-state index in [1.807, 2.05) is 53.5 Å². The Morgan fingerprint density at radius 3 is 2.74 bits per heavy atom. The van der Waals surface area contributed by atoms with Crippen molar-refractivity contribution < 1.29 is 19.0 Å². The topological polar surface area (TPSA) is 60.4 Å². The molecule has 2 aromatic carbocycles. The second-order valence-electron chi connectivity index (χ2n) is 7.26. The van der Waals surface area contributed by atoms with Crippen molar-refractivity contribution in [3.05, 3.63) is 82.0 Å². The minimum absolute atomic E-state index is 0.0742. The molecular formula is C24H22N2O4S. The first kappa shape index (κ1) is 19.6. The number of esters is 1. The minimum Gasteiger partial charge on any atom is -0.481 e. The molecule has 0 bridgehead atoms. The van der Waals surface area contributed by atoms with E-state index in [2.05, 4.69) is 17.5 Å². The van der Waals surface area contributed by atoms with Crippen molar-refractivity contribution in [2.24, 2.45) is 5.10 Å². The zero-order valence-corrected chi connectivity index (χ0v) is 17.9. The lowest BCUT2D eigenvalue weighted by Gasteiger charge is -2.38. The molecule has 2 atom stereocenters. The van der Waals surface area contributed by atoms with Crippen LogP contribution in [0.3, 0.4) is 0 Å². The van der Waals surface area contributed by atoms with Gasteiger partial charge in [0.2, 0.25) is 6.23 Å². The average molecular weight is 435 g/mol. The van der Waals surface area contributed by atoms with Crippen LogP contribution in [-0.2, 0) is 9.53 Å². The monoisotopic (exact) mass is 434 g/mol. The van der Waals surface area contributed by atoms with Crippen LogP contribution in [-0.4, -0.2) is 29.9 Å². The maximum absolute atomic E-state index is 11.8. The molecule has 0 saturated heterocycles. The van der Waals surface area contributed by atoms with Crippen molar-refractivity contribution in [2.45, 2.75) is 25.6 Å². The van der Waals surface area contributed by atoms with Crippen molar-refractivity contribution in [2.75, 3.05) is 13.2 Å². The molecule has 158 valence electrons. The Labute approximate surface area is 184 Å². The Balaban J connectivity index is 1.51. The SMILES string of the molecule is CCOC(=O)COc1ccccc1[C@@H]1Oc2ccccc2[C@H]2CC(c3cccs3)=NN21.